The molecule has 0 aliphatic carbocycles. The van der Waals surface area contributed by atoms with Crippen molar-refractivity contribution < 1.29 is 19.3 Å². The standard InChI is InChI=1S/C36H34Cl2N2O4S2/c37-27-9-13-29(14-10-27)45-33-7-3-1-5-31(33)25-17-21-39(22-18-25)43-35(41)36(42)44-40-23-19-26(20-24-40)32-6-2-4-8-34(32)46-30-15-11-28(38)12-16-30/h1-16,25-26H,17-24H2. The molecule has 0 bridgehead atoms. The van der Waals surface area contributed by atoms with Crippen molar-refractivity contribution in [1.82, 2.24) is 10.1 Å². The van der Waals surface area contributed by atoms with Crippen LogP contribution in [0.1, 0.15) is 48.6 Å². The van der Waals surface area contributed by atoms with Crippen LogP contribution in [0.15, 0.2) is 117 Å². The number of nitrogens with zero attached hydrogens (tertiary/aromatic N) is 2. The van der Waals surface area contributed by atoms with Gasteiger partial charge in [0, 0.05) is 55.8 Å². The molecular formula is C36H34Cl2N2O4S2. The molecule has 0 unspecified atom stereocenters. The van der Waals surface area contributed by atoms with E-state index in [1.165, 1.54) is 20.9 Å². The average molecular weight is 694 g/mol. The molecule has 0 spiro atoms. The SMILES string of the molecule is O=C(ON1CCC(c2ccccc2Sc2ccc(Cl)cc2)CC1)C(=O)ON1CCC(c2ccccc2Sc2ccc(Cl)cc2)CC1. The number of rotatable bonds is 8. The van der Waals surface area contributed by atoms with E-state index in [1.54, 1.807) is 33.7 Å². The minimum Gasteiger partial charge on any atom is -0.359 e. The van der Waals surface area contributed by atoms with Crippen LogP contribution >= 0.6 is 46.7 Å². The first-order valence-corrected chi connectivity index (χ1v) is 17.8. The zero-order valence-corrected chi connectivity index (χ0v) is 28.3. The largest absolute Gasteiger partial charge is 0.438 e. The first-order chi connectivity index (χ1) is 22.4. The molecular weight excluding hydrogens is 659 g/mol. The van der Waals surface area contributed by atoms with Gasteiger partial charge in [0.1, 0.15) is 0 Å². The molecule has 4 aromatic rings. The normalized spacial score (nSPS) is 16.7. The highest BCUT2D eigenvalue weighted by molar-refractivity contribution is 7.99. The van der Waals surface area contributed by atoms with Crippen LogP contribution in [0.25, 0.3) is 0 Å². The highest BCUT2D eigenvalue weighted by Crippen LogP contribution is 2.40. The molecule has 2 fully saturated rings. The number of hydrogen-bond donors (Lipinski definition) is 0. The molecule has 0 saturated carbocycles. The van der Waals surface area contributed by atoms with Gasteiger partial charge in [-0.1, -0.05) is 83.1 Å². The predicted octanol–water partition coefficient (Wildman–Crippen LogP) is 9.27. The van der Waals surface area contributed by atoms with E-state index in [2.05, 4.69) is 36.4 Å². The Bertz CT molecular complexity index is 1520. The maximum atomic E-state index is 12.7. The van der Waals surface area contributed by atoms with E-state index in [0.29, 0.717) is 38.0 Å². The Morgan fingerprint density at radius 3 is 1.26 bits per heavy atom. The summed E-state index contributed by atoms with van der Waals surface area (Å²) in [4.78, 5) is 40.9. The van der Waals surface area contributed by atoms with Crippen LogP contribution in [0, 0.1) is 0 Å². The summed E-state index contributed by atoms with van der Waals surface area (Å²) in [5.74, 6) is -1.31. The van der Waals surface area contributed by atoms with Crippen molar-refractivity contribution in [2.24, 2.45) is 0 Å². The lowest BCUT2D eigenvalue weighted by atomic mass is 9.90. The summed E-state index contributed by atoms with van der Waals surface area (Å²) < 4.78 is 0. The van der Waals surface area contributed by atoms with Gasteiger partial charge in [-0.3, -0.25) is 0 Å². The molecule has 2 aliphatic heterocycles. The highest BCUT2D eigenvalue weighted by Gasteiger charge is 2.31. The molecule has 10 heteroatoms. The third-order valence-corrected chi connectivity index (χ3v) is 11.0. The molecule has 0 N–H and O–H groups in total. The molecule has 6 nitrogen and oxygen atoms in total. The maximum Gasteiger partial charge on any atom is 0.438 e. The van der Waals surface area contributed by atoms with Crippen LogP contribution in [-0.2, 0) is 19.3 Å². The van der Waals surface area contributed by atoms with Gasteiger partial charge in [0.15, 0.2) is 0 Å². The zero-order chi connectivity index (χ0) is 31.9. The fourth-order valence-electron chi connectivity index (χ4n) is 5.91. The molecule has 4 aromatic carbocycles. The van der Waals surface area contributed by atoms with Crippen LogP contribution in [0.3, 0.4) is 0 Å². The van der Waals surface area contributed by atoms with Gasteiger partial charge >= 0.3 is 11.9 Å². The lowest BCUT2D eigenvalue weighted by Crippen LogP contribution is -2.41. The minimum absolute atomic E-state index is 0.328. The molecule has 6 rings (SSSR count). The number of carbonyl (C=O) groups is 2. The smallest absolute Gasteiger partial charge is 0.359 e. The quantitative estimate of drug-likeness (QED) is 0.169. The van der Waals surface area contributed by atoms with Gasteiger partial charge < -0.3 is 9.68 Å². The number of carbonyl (C=O) groups excluding carboxylic acids is 2. The van der Waals surface area contributed by atoms with Crippen molar-refractivity contribution in [3.8, 4) is 0 Å². The Balaban J connectivity index is 0.958. The first-order valence-electron chi connectivity index (χ1n) is 15.4. The summed E-state index contributed by atoms with van der Waals surface area (Å²) in [6.07, 6.45) is 3.25. The van der Waals surface area contributed by atoms with E-state index in [4.69, 9.17) is 32.9 Å². The third kappa shape index (κ3) is 8.68. The fourth-order valence-corrected chi connectivity index (χ4v) is 8.21. The Labute approximate surface area is 288 Å². The molecule has 2 saturated heterocycles. The maximum absolute atomic E-state index is 12.7. The van der Waals surface area contributed by atoms with Crippen molar-refractivity contribution in [1.29, 1.82) is 0 Å². The van der Waals surface area contributed by atoms with Crippen LogP contribution in [-0.4, -0.2) is 48.2 Å². The van der Waals surface area contributed by atoms with E-state index >= 15 is 0 Å². The van der Waals surface area contributed by atoms with Crippen LogP contribution in [0.5, 0.6) is 0 Å². The van der Waals surface area contributed by atoms with E-state index in [-0.39, 0.29) is 0 Å². The number of piperidine rings is 2. The van der Waals surface area contributed by atoms with Crippen molar-refractivity contribution in [3.63, 3.8) is 0 Å². The van der Waals surface area contributed by atoms with Crippen molar-refractivity contribution in [3.05, 3.63) is 118 Å². The Morgan fingerprint density at radius 1 is 0.543 bits per heavy atom. The molecule has 0 amide bonds. The number of hydrogen-bond acceptors (Lipinski definition) is 8. The fraction of sp³-hybridized carbons (Fsp3) is 0.278. The molecule has 2 aliphatic rings. The Morgan fingerprint density at radius 2 is 0.891 bits per heavy atom. The zero-order valence-electron chi connectivity index (χ0n) is 25.1. The summed E-state index contributed by atoms with van der Waals surface area (Å²) in [5, 5.41) is 4.60. The van der Waals surface area contributed by atoms with Crippen LogP contribution in [0.2, 0.25) is 10.0 Å². The average Bonchev–Trinajstić information content (AvgIpc) is 3.08. The summed E-state index contributed by atoms with van der Waals surface area (Å²) >= 11 is 15.6. The molecule has 0 radical (unpaired) electrons. The van der Waals surface area contributed by atoms with Gasteiger partial charge in [0.2, 0.25) is 0 Å². The van der Waals surface area contributed by atoms with Gasteiger partial charge in [0.05, 0.1) is 0 Å². The van der Waals surface area contributed by atoms with Gasteiger partial charge in [-0.05, 0) is 109 Å². The highest BCUT2D eigenvalue weighted by atomic mass is 35.5. The number of halogens is 2. The topological polar surface area (TPSA) is 59.1 Å². The molecule has 238 valence electrons. The van der Waals surface area contributed by atoms with Crippen molar-refractivity contribution in [2.45, 2.75) is 57.1 Å². The first kappa shape index (κ1) is 32.9. The molecule has 0 atom stereocenters. The van der Waals surface area contributed by atoms with Crippen LogP contribution in [0.4, 0.5) is 0 Å². The summed E-state index contributed by atoms with van der Waals surface area (Å²) in [7, 11) is 0. The van der Waals surface area contributed by atoms with E-state index in [9.17, 15) is 9.59 Å². The number of benzene rings is 4. The summed E-state index contributed by atoms with van der Waals surface area (Å²) in [5.41, 5.74) is 2.56. The Hall–Kier alpha value is -2.98. The third-order valence-electron chi connectivity index (χ3n) is 8.30. The van der Waals surface area contributed by atoms with Crippen molar-refractivity contribution in [2.75, 3.05) is 26.2 Å². The summed E-state index contributed by atoms with van der Waals surface area (Å²) in [6.45, 7) is 2.18. The molecule has 2 heterocycles. The van der Waals surface area contributed by atoms with Gasteiger partial charge in [-0.2, -0.15) is 0 Å². The molecule has 0 aromatic heterocycles. The minimum atomic E-state index is -0.982. The van der Waals surface area contributed by atoms with Gasteiger partial charge in [0.25, 0.3) is 0 Å². The van der Waals surface area contributed by atoms with Gasteiger partial charge in [-0.15, -0.1) is 10.1 Å². The lowest BCUT2D eigenvalue weighted by molar-refractivity contribution is -0.222. The second-order valence-electron chi connectivity index (χ2n) is 11.4. The predicted molar refractivity (Wildman–Crippen MR) is 183 cm³/mol. The second-order valence-corrected chi connectivity index (χ2v) is 14.5. The van der Waals surface area contributed by atoms with E-state index in [0.717, 1.165) is 45.5 Å². The number of hydroxylamine groups is 4. The van der Waals surface area contributed by atoms with Gasteiger partial charge in [-0.25, -0.2) is 9.59 Å². The van der Waals surface area contributed by atoms with E-state index in [1.807, 2.05) is 60.7 Å². The lowest BCUT2D eigenvalue weighted by Gasteiger charge is -2.32. The van der Waals surface area contributed by atoms with Crippen LogP contribution < -0.4 is 0 Å². The monoisotopic (exact) mass is 692 g/mol. The Kier molecular flexibility index (Phi) is 11.3. The second kappa shape index (κ2) is 15.7. The molecule has 46 heavy (non-hydrogen) atoms. The summed E-state index contributed by atoms with van der Waals surface area (Å²) in [6, 6.07) is 32.5. The van der Waals surface area contributed by atoms with Crippen molar-refractivity contribution >= 4 is 58.7 Å². The van der Waals surface area contributed by atoms with E-state index < -0.39 is 11.9 Å².